The summed E-state index contributed by atoms with van der Waals surface area (Å²) in [6, 6.07) is 5.49. The molecule has 1 unspecified atom stereocenters. The third-order valence-electron chi connectivity index (χ3n) is 1.94. The highest BCUT2D eigenvalue weighted by molar-refractivity contribution is 9.10. The van der Waals surface area contributed by atoms with Crippen LogP contribution in [-0.2, 0) is 0 Å². The highest BCUT2D eigenvalue weighted by Gasteiger charge is 2.09. The number of aliphatic hydroxyl groups excluding tert-OH is 1. The van der Waals surface area contributed by atoms with Crippen LogP contribution in [0.4, 0.5) is 0 Å². The van der Waals surface area contributed by atoms with Crippen LogP contribution in [0.15, 0.2) is 22.7 Å². The second-order valence-corrected chi connectivity index (χ2v) is 4.12. The lowest BCUT2D eigenvalue weighted by molar-refractivity contribution is 0.174. The van der Waals surface area contributed by atoms with E-state index in [0.29, 0.717) is 12.3 Å². The number of halogens is 2. The molecule has 0 aromatic heterocycles. The topological polar surface area (TPSA) is 29.5 Å². The van der Waals surface area contributed by atoms with Crippen LogP contribution in [0.3, 0.4) is 0 Å². The Labute approximate surface area is 97.0 Å². The molecule has 0 spiro atoms. The Bertz CT molecular complexity index is 304. The summed E-state index contributed by atoms with van der Waals surface area (Å²) in [7, 11) is 1.61. The lowest BCUT2D eigenvalue weighted by Gasteiger charge is -2.11. The Kier molecular flexibility index (Phi) is 4.72. The van der Waals surface area contributed by atoms with Crippen molar-refractivity contribution in [3.05, 3.63) is 28.2 Å². The van der Waals surface area contributed by atoms with Gasteiger partial charge in [0.1, 0.15) is 5.75 Å². The van der Waals surface area contributed by atoms with Crippen LogP contribution in [0.1, 0.15) is 18.1 Å². The van der Waals surface area contributed by atoms with Crippen LogP contribution < -0.4 is 4.74 Å². The van der Waals surface area contributed by atoms with Gasteiger partial charge >= 0.3 is 0 Å². The average molecular weight is 280 g/mol. The van der Waals surface area contributed by atoms with E-state index in [4.69, 9.17) is 16.3 Å². The van der Waals surface area contributed by atoms with Gasteiger partial charge in [-0.3, -0.25) is 0 Å². The van der Waals surface area contributed by atoms with Gasteiger partial charge in [-0.2, -0.15) is 0 Å². The maximum atomic E-state index is 9.66. The summed E-state index contributed by atoms with van der Waals surface area (Å²) in [4.78, 5) is 0. The fourth-order valence-electron chi connectivity index (χ4n) is 1.16. The van der Waals surface area contributed by atoms with Gasteiger partial charge in [0, 0.05) is 5.88 Å². The van der Waals surface area contributed by atoms with Gasteiger partial charge < -0.3 is 9.84 Å². The summed E-state index contributed by atoms with van der Waals surface area (Å²) in [5, 5.41) is 9.66. The molecule has 0 amide bonds. The molecule has 2 nitrogen and oxygen atoms in total. The van der Waals surface area contributed by atoms with Gasteiger partial charge in [-0.15, -0.1) is 11.6 Å². The number of ether oxygens (including phenoxy) is 1. The van der Waals surface area contributed by atoms with Gasteiger partial charge in [-0.25, -0.2) is 0 Å². The summed E-state index contributed by atoms with van der Waals surface area (Å²) in [6.07, 6.45) is 0.0510. The van der Waals surface area contributed by atoms with Crippen molar-refractivity contribution >= 4 is 27.5 Å². The smallest absolute Gasteiger partial charge is 0.133 e. The lowest BCUT2D eigenvalue weighted by atomic mass is 10.1. The highest BCUT2D eigenvalue weighted by Crippen LogP contribution is 2.28. The number of rotatable bonds is 4. The fourth-order valence-corrected chi connectivity index (χ4v) is 1.92. The minimum absolute atomic E-state index is 0.449. The van der Waals surface area contributed by atoms with E-state index in [1.54, 1.807) is 7.11 Å². The zero-order valence-corrected chi connectivity index (χ0v) is 10.2. The molecule has 1 atom stereocenters. The maximum Gasteiger partial charge on any atom is 0.133 e. The molecule has 1 aromatic carbocycles. The average Bonchev–Trinajstić information content (AvgIpc) is 2.18. The van der Waals surface area contributed by atoms with E-state index in [9.17, 15) is 5.11 Å². The van der Waals surface area contributed by atoms with Crippen LogP contribution >= 0.6 is 27.5 Å². The molecule has 78 valence electrons. The number of hydrogen-bond donors (Lipinski definition) is 1. The summed E-state index contributed by atoms with van der Waals surface area (Å²) >= 11 is 8.91. The molecule has 0 bridgehead atoms. The zero-order valence-electron chi connectivity index (χ0n) is 7.84. The molecule has 0 aliphatic rings. The van der Waals surface area contributed by atoms with Gasteiger partial charge in [0.25, 0.3) is 0 Å². The summed E-state index contributed by atoms with van der Waals surface area (Å²) in [6.45, 7) is 0. The van der Waals surface area contributed by atoms with Crippen LogP contribution in [-0.4, -0.2) is 18.1 Å². The van der Waals surface area contributed by atoms with Crippen molar-refractivity contribution in [1.82, 2.24) is 0 Å². The Hall–Kier alpha value is -0.250. The number of aliphatic hydroxyl groups is 1. The van der Waals surface area contributed by atoms with Gasteiger partial charge in [-0.05, 0) is 40.0 Å². The molecule has 1 aromatic rings. The molecule has 0 radical (unpaired) electrons. The van der Waals surface area contributed by atoms with Gasteiger partial charge in [0.15, 0.2) is 0 Å². The van der Waals surface area contributed by atoms with Crippen LogP contribution in [0.5, 0.6) is 5.75 Å². The number of methoxy groups -OCH3 is 1. The third-order valence-corrected chi connectivity index (χ3v) is 2.78. The van der Waals surface area contributed by atoms with Gasteiger partial charge in [0.2, 0.25) is 0 Å². The maximum absolute atomic E-state index is 9.66. The molecule has 0 saturated heterocycles. The standard InChI is InChI=1S/C10H12BrClO2/c1-14-10-3-2-7(6-8(10)11)9(13)4-5-12/h2-3,6,9,13H,4-5H2,1H3. The van der Waals surface area contributed by atoms with Crippen molar-refractivity contribution in [1.29, 1.82) is 0 Å². The largest absolute Gasteiger partial charge is 0.496 e. The van der Waals surface area contributed by atoms with Crippen LogP contribution in [0, 0.1) is 0 Å². The first-order chi connectivity index (χ1) is 6.69. The normalized spacial score (nSPS) is 12.6. The molecule has 4 heteroatoms. The Morgan fingerprint density at radius 1 is 1.57 bits per heavy atom. The Morgan fingerprint density at radius 2 is 2.29 bits per heavy atom. The number of hydrogen-bond acceptors (Lipinski definition) is 2. The van der Waals surface area contributed by atoms with Gasteiger partial charge in [0.05, 0.1) is 17.7 Å². The molecule has 0 fully saturated rings. The van der Waals surface area contributed by atoms with E-state index < -0.39 is 6.10 Å². The first-order valence-corrected chi connectivity index (χ1v) is 5.59. The first-order valence-electron chi connectivity index (χ1n) is 4.26. The van der Waals surface area contributed by atoms with Crippen molar-refractivity contribution in [3.63, 3.8) is 0 Å². The van der Waals surface area contributed by atoms with E-state index in [1.807, 2.05) is 18.2 Å². The Balaban J connectivity index is 2.85. The number of benzene rings is 1. The van der Waals surface area contributed by atoms with E-state index >= 15 is 0 Å². The van der Waals surface area contributed by atoms with Crippen molar-refractivity contribution < 1.29 is 9.84 Å². The molecule has 1 N–H and O–H groups in total. The zero-order chi connectivity index (χ0) is 10.6. The molecular formula is C10H12BrClO2. The van der Waals surface area contributed by atoms with E-state index in [2.05, 4.69) is 15.9 Å². The van der Waals surface area contributed by atoms with Crippen molar-refractivity contribution in [2.75, 3.05) is 13.0 Å². The lowest BCUT2D eigenvalue weighted by Crippen LogP contribution is -1.98. The minimum Gasteiger partial charge on any atom is -0.496 e. The molecule has 0 aliphatic heterocycles. The third kappa shape index (κ3) is 2.87. The molecule has 14 heavy (non-hydrogen) atoms. The second kappa shape index (κ2) is 5.59. The van der Waals surface area contributed by atoms with Crippen molar-refractivity contribution in [2.24, 2.45) is 0 Å². The monoisotopic (exact) mass is 278 g/mol. The summed E-state index contributed by atoms with van der Waals surface area (Å²) < 4.78 is 5.92. The molecule has 0 heterocycles. The molecular weight excluding hydrogens is 267 g/mol. The quantitative estimate of drug-likeness (QED) is 0.858. The molecule has 0 saturated carbocycles. The second-order valence-electron chi connectivity index (χ2n) is 2.89. The van der Waals surface area contributed by atoms with Crippen molar-refractivity contribution in [3.8, 4) is 5.75 Å². The first kappa shape index (κ1) is 11.8. The molecule has 0 aliphatic carbocycles. The van der Waals surface area contributed by atoms with Crippen LogP contribution in [0.25, 0.3) is 0 Å². The summed E-state index contributed by atoms with van der Waals surface area (Å²) in [5.41, 5.74) is 0.846. The highest BCUT2D eigenvalue weighted by atomic mass is 79.9. The van der Waals surface area contributed by atoms with Crippen molar-refractivity contribution in [2.45, 2.75) is 12.5 Å². The van der Waals surface area contributed by atoms with E-state index in [0.717, 1.165) is 15.8 Å². The Morgan fingerprint density at radius 3 is 2.79 bits per heavy atom. The predicted molar refractivity (Wildman–Crippen MR) is 61.0 cm³/mol. The van der Waals surface area contributed by atoms with Crippen LogP contribution in [0.2, 0.25) is 0 Å². The SMILES string of the molecule is COc1ccc(C(O)CCCl)cc1Br. The predicted octanol–water partition coefficient (Wildman–Crippen LogP) is 3.12. The number of alkyl halides is 1. The van der Waals surface area contributed by atoms with E-state index in [1.165, 1.54) is 0 Å². The van der Waals surface area contributed by atoms with E-state index in [-0.39, 0.29) is 0 Å². The molecule has 1 rings (SSSR count). The van der Waals surface area contributed by atoms with Gasteiger partial charge in [-0.1, -0.05) is 6.07 Å². The minimum atomic E-state index is -0.505. The summed E-state index contributed by atoms with van der Waals surface area (Å²) in [5.74, 6) is 1.21. The fraction of sp³-hybridized carbons (Fsp3) is 0.400.